The van der Waals surface area contributed by atoms with Crippen LogP contribution in [-0.2, 0) is 0 Å². The zero-order valence-corrected chi connectivity index (χ0v) is 10.5. The number of nitrogens with zero attached hydrogens (tertiary/aromatic N) is 2. The summed E-state index contributed by atoms with van der Waals surface area (Å²) in [6, 6.07) is 6.44. The van der Waals surface area contributed by atoms with Gasteiger partial charge in [-0.2, -0.15) is 0 Å². The number of rotatable bonds is 2. The number of anilines is 2. The molecule has 1 aromatic rings. The summed E-state index contributed by atoms with van der Waals surface area (Å²) < 4.78 is 0. The number of para-hydroxylation sites is 1. The average Bonchev–Trinajstić information content (AvgIpc) is 2.71. The number of hydrogen-bond acceptors (Lipinski definition) is 3. The van der Waals surface area contributed by atoms with E-state index in [1.807, 2.05) is 18.2 Å². The molecule has 88 valence electrons. The summed E-state index contributed by atoms with van der Waals surface area (Å²) in [5, 5.41) is 0.644. The highest BCUT2D eigenvalue weighted by Gasteiger charge is 2.25. The molecule has 1 unspecified atom stereocenters. The number of benzene rings is 1. The molecule has 1 fully saturated rings. The lowest BCUT2D eigenvalue weighted by Crippen LogP contribution is -2.31. The monoisotopic (exact) mass is 239 g/mol. The van der Waals surface area contributed by atoms with Gasteiger partial charge in [-0.3, -0.25) is 0 Å². The molecule has 0 saturated carbocycles. The zero-order chi connectivity index (χ0) is 11.7. The van der Waals surface area contributed by atoms with Crippen molar-refractivity contribution in [3.8, 4) is 0 Å². The largest absolute Gasteiger partial charge is 0.396 e. The first-order chi connectivity index (χ1) is 7.59. The van der Waals surface area contributed by atoms with Crippen LogP contribution >= 0.6 is 11.6 Å². The molecule has 0 bridgehead atoms. The van der Waals surface area contributed by atoms with E-state index in [2.05, 4.69) is 23.9 Å². The Hall–Kier alpha value is -0.930. The lowest BCUT2D eigenvalue weighted by Gasteiger charge is -2.23. The molecular formula is C12H18ClN3. The predicted molar refractivity (Wildman–Crippen MR) is 70.2 cm³/mol. The Morgan fingerprint density at radius 3 is 2.81 bits per heavy atom. The SMILES string of the molecule is CN(C)C1CCN(c2cccc(Cl)c2N)C1. The van der Waals surface area contributed by atoms with Crippen LogP contribution in [0.5, 0.6) is 0 Å². The first-order valence-corrected chi connectivity index (χ1v) is 5.92. The second-order valence-corrected chi connectivity index (χ2v) is 4.93. The van der Waals surface area contributed by atoms with E-state index < -0.39 is 0 Å². The van der Waals surface area contributed by atoms with Gasteiger partial charge in [-0.25, -0.2) is 0 Å². The van der Waals surface area contributed by atoms with Gasteiger partial charge in [-0.1, -0.05) is 17.7 Å². The van der Waals surface area contributed by atoms with Gasteiger partial charge in [0, 0.05) is 19.1 Å². The van der Waals surface area contributed by atoms with Gasteiger partial charge in [-0.05, 0) is 32.6 Å². The van der Waals surface area contributed by atoms with E-state index in [1.165, 1.54) is 6.42 Å². The van der Waals surface area contributed by atoms with Crippen molar-refractivity contribution in [1.29, 1.82) is 0 Å². The van der Waals surface area contributed by atoms with Crippen LogP contribution in [0.3, 0.4) is 0 Å². The van der Waals surface area contributed by atoms with Gasteiger partial charge in [-0.15, -0.1) is 0 Å². The molecule has 0 aliphatic carbocycles. The van der Waals surface area contributed by atoms with Gasteiger partial charge >= 0.3 is 0 Å². The molecule has 0 spiro atoms. The molecule has 4 heteroatoms. The van der Waals surface area contributed by atoms with Gasteiger partial charge in [0.15, 0.2) is 0 Å². The molecule has 1 aliphatic rings. The van der Waals surface area contributed by atoms with Gasteiger partial charge in [0.05, 0.1) is 16.4 Å². The van der Waals surface area contributed by atoms with Crippen LogP contribution in [0.15, 0.2) is 18.2 Å². The number of nitrogens with two attached hydrogens (primary N) is 1. The minimum Gasteiger partial charge on any atom is -0.396 e. The third kappa shape index (κ3) is 2.11. The van der Waals surface area contributed by atoms with E-state index in [0.29, 0.717) is 16.8 Å². The highest BCUT2D eigenvalue weighted by Crippen LogP contribution is 2.32. The van der Waals surface area contributed by atoms with Crippen LogP contribution in [0.4, 0.5) is 11.4 Å². The minimum absolute atomic E-state index is 0.610. The van der Waals surface area contributed by atoms with Gasteiger partial charge < -0.3 is 15.5 Å². The van der Waals surface area contributed by atoms with Gasteiger partial charge in [0.1, 0.15) is 0 Å². The molecule has 1 heterocycles. The molecule has 0 aromatic heterocycles. The van der Waals surface area contributed by atoms with Gasteiger partial charge in [0.25, 0.3) is 0 Å². The van der Waals surface area contributed by atoms with Crippen molar-refractivity contribution in [3.63, 3.8) is 0 Å². The first kappa shape index (κ1) is 11.6. The standard InChI is InChI=1S/C12H18ClN3/c1-15(2)9-6-7-16(8-9)11-5-3-4-10(13)12(11)14/h3-5,9H,6-8,14H2,1-2H3. The van der Waals surface area contributed by atoms with E-state index in [1.54, 1.807) is 0 Å². The fourth-order valence-corrected chi connectivity index (χ4v) is 2.35. The molecule has 1 saturated heterocycles. The quantitative estimate of drug-likeness (QED) is 0.802. The Morgan fingerprint density at radius 1 is 1.44 bits per heavy atom. The summed E-state index contributed by atoms with van der Waals surface area (Å²) in [5.74, 6) is 0. The molecule has 16 heavy (non-hydrogen) atoms. The Kier molecular flexibility index (Phi) is 3.26. The fraction of sp³-hybridized carbons (Fsp3) is 0.500. The van der Waals surface area contributed by atoms with Crippen molar-refractivity contribution < 1.29 is 0 Å². The second kappa shape index (κ2) is 4.52. The van der Waals surface area contributed by atoms with Crippen LogP contribution in [0.2, 0.25) is 5.02 Å². The smallest absolute Gasteiger partial charge is 0.0741 e. The topological polar surface area (TPSA) is 32.5 Å². The highest BCUT2D eigenvalue weighted by molar-refractivity contribution is 6.33. The van der Waals surface area contributed by atoms with E-state index in [9.17, 15) is 0 Å². The van der Waals surface area contributed by atoms with E-state index in [4.69, 9.17) is 17.3 Å². The number of halogens is 1. The third-order valence-corrected chi connectivity index (χ3v) is 3.59. The number of hydrogen-bond donors (Lipinski definition) is 1. The maximum absolute atomic E-state index is 6.03. The van der Waals surface area contributed by atoms with E-state index in [0.717, 1.165) is 18.8 Å². The molecule has 1 aromatic carbocycles. The maximum Gasteiger partial charge on any atom is 0.0741 e. The first-order valence-electron chi connectivity index (χ1n) is 5.55. The van der Waals surface area contributed by atoms with Crippen LogP contribution < -0.4 is 10.6 Å². The van der Waals surface area contributed by atoms with Crippen LogP contribution in [0, 0.1) is 0 Å². The molecule has 1 aliphatic heterocycles. The average molecular weight is 240 g/mol. The van der Waals surface area contributed by atoms with Crippen LogP contribution in [0.1, 0.15) is 6.42 Å². The molecule has 2 rings (SSSR count). The summed E-state index contributed by atoms with van der Waals surface area (Å²) in [6.07, 6.45) is 1.18. The van der Waals surface area contributed by atoms with Gasteiger partial charge in [0.2, 0.25) is 0 Å². The predicted octanol–water partition coefficient (Wildman–Crippen LogP) is 2.06. The molecule has 3 nitrogen and oxygen atoms in total. The number of likely N-dealkylation sites (N-methyl/N-ethyl adjacent to an activating group) is 1. The minimum atomic E-state index is 0.610. The normalized spacial score (nSPS) is 20.8. The van der Waals surface area contributed by atoms with Crippen molar-refractivity contribution in [2.24, 2.45) is 0 Å². The molecular weight excluding hydrogens is 222 g/mol. The lowest BCUT2D eigenvalue weighted by atomic mass is 10.2. The molecule has 0 radical (unpaired) electrons. The Bertz CT molecular complexity index is 379. The molecule has 2 N–H and O–H groups in total. The molecule has 1 atom stereocenters. The summed E-state index contributed by atoms with van der Waals surface area (Å²) in [7, 11) is 4.24. The summed E-state index contributed by atoms with van der Waals surface area (Å²) in [5.41, 5.74) is 7.76. The Balaban J connectivity index is 2.17. The van der Waals surface area contributed by atoms with E-state index in [-0.39, 0.29) is 0 Å². The Morgan fingerprint density at radius 2 is 2.19 bits per heavy atom. The van der Waals surface area contributed by atoms with Crippen LogP contribution in [0.25, 0.3) is 0 Å². The number of nitrogen functional groups attached to an aromatic ring is 1. The van der Waals surface area contributed by atoms with E-state index >= 15 is 0 Å². The van der Waals surface area contributed by atoms with Crippen molar-refractivity contribution in [2.45, 2.75) is 12.5 Å². The Labute approximate surface area is 102 Å². The summed E-state index contributed by atoms with van der Waals surface area (Å²) in [6.45, 7) is 2.07. The summed E-state index contributed by atoms with van der Waals surface area (Å²) in [4.78, 5) is 4.58. The van der Waals surface area contributed by atoms with Crippen molar-refractivity contribution in [3.05, 3.63) is 23.2 Å². The van der Waals surface area contributed by atoms with Crippen molar-refractivity contribution in [2.75, 3.05) is 37.8 Å². The maximum atomic E-state index is 6.03. The van der Waals surface area contributed by atoms with Crippen LogP contribution in [-0.4, -0.2) is 38.1 Å². The zero-order valence-electron chi connectivity index (χ0n) is 9.78. The third-order valence-electron chi connectivity index (χ3n) is 3.26. The van der Waals surface area contributed by atoms with Crippen molar-refractivity contribution in [1.82, 2.24) is 4.90 Å². The molecule has 0 amide bonds. The second-order valence-electron chi connectivity index (χ2n) is 4.52. The van der Waals surface area contributed by atoms with Crippen molar-refractivity contribution >= 4 is 23.0 Å². The lowest BCUT2D eigenvalue weighted by molar-refractivity contribution is 0.315. The highest BCUT2D eigenvalue weighted by atomic mass is 35.5. The summed E-state index contributed by atoms with van der Waals surface area (Å²) >= 11 is 6.03. The fourth-order valence-electron chi connectivity index (χ4n) is 2.18.